The van der Waals surface area contributed by atoms with E-state index >= 15 is 0 Å². The van der Waals surface area contributed by atoms with Crippen LogP contribution in [0.4, 0.5) is 4.79 Å². The monoisotopic (exact) mass is 621 g/mol. The number of imide groups is 1. The van der Waals surface area contributed by atoms with E-state index in [1.165, 1.54) is 12.0 Å². The molecule has 4 aromatic carbocycles. The first-order chi connectivity index (χ1) is 17.9. The lowest BCUT2D eigenvalue weighted by Crippen LogP contribution is -2.27. The molecule has 0 aliphatic carbocycles. The van der Waals surface area contributed by atoms with Gasteiger partial charge in [0.1, 0.15) is 0 Å². The molecule has 0 aromatic heterocycles. The number of carbonyl (C=O) groups is 3. The first-order valence-corrected chi connectivity index (χ1v) is 13.2. The van der Waals surface area contributed by atoms with Crippen LogP contribution in [0.15, 0.2) is 89.8 Å². The van der Waals surface area contributed by atoms with Crippen LogP contribution in [0.3, 0.4) is 0 Å². The molecule has 8 heteroatoms. The molecule has 5 rings (SSSR count). The fraction of sp³-hybridized carbons (Fsp3) is 0.0690. The molecule has 0 N–H and O–H groups in total. The second-order valence-corrected chi connectivity index (χ2v) is 10.4. The van der Waals surface area contributed by atoms with Crippen LogP contribution in [0.5, 0.6) is 11.5 Å². The van der Waals surface area contributed by atoms with E-state index < -0.39 is 5.97 Å². The van der Waals surface area contributed by atoms with Gasteiger partial charge >= 0.3 is 5.97 Å². The molecule has 2 amide bonds. The molecule has 0 spiro atoms. The van der Waals surface area contributed by atoms with Crippen molar-refractivity contribution in [3.05, 3.63) is 110 Å². The highest BCUT2D eigenvalue weighted by atomic mass is 127. The molecular weight excluding hydrogens is 601 g/mol. The number of esters is 1. The molecule has 1 saturated heterocycles. The highest BCUT2D eigenvalue weighted by molar-refractivity contribution is 14.1. The van der Waals surface area contributed by atoms with Gasteiger partial charge in [0.25, 0.3) is 11.1 Å². The third-order valence-electron chi connectivity index (χ3n) is 5.78. The van der Waals surface area contributed by atoms with Crippen LogP contribution in [0.2, 0.25) is 0 Å². The number of benzene rings is 4. The summed E-state index contributed by atoms with van der Waals surface area (Å²) in [5, 5.41) is 1.83. The summed E-state index contributed by atoms with van der Waals surface area (Å²) in [6.45, 7) is 0.196. The Hall–Kier alpha value is -3.63. The summed E-state index contributed by atoms with van der Waals surface area (Å²) >= 11 is 2.95. The summed E-state index contributed by atoms with van der Waals surface area (Å²) in [6, 6.07) is 26.0. The highest BCUT2D eigenvalue weighted by Gasteiger charge is 2.35. The van der Waals surface area contributed by atoms with E-state index in [4.69, 9.17) is 9.47 Å². The summed E-state index contributed by atoms with van der Waals surface area (Å²) in [5.74, 6) is -0.215. The Bertz CT molecular complexity index is 1570. The zero-order valence-corrected chi connectivity index (χ0v) is 22.6. The number of halogens is 1. The molecule has 4 aromatic rings. The maximum absolute atomic E-state index is 13.1. The predicted molar refractivity (Wildman–Crippen MR) is 153 cm³/mol. The van der Waals surface area contributed by atoms with Crippen molar-refractivity contribution in [1.29, 1.82) is 0 Å². The van der Waals surface area contributed by atoms with E-state index in [1.54, 1.807) is 42.5 Å². The van der Waals surface area contributed by atoms with Gasteiger partial charge in [0.2, 0.25) is 0 Å². The van der Waals surface area contributed by atoms with Crippen molar-refractivity contribution < 1.29 is 23.9 Å². The van der Waals surface area contributed by atoms with Crippen molar-refractivity contribution in [3.8, 4) is 11.5 Å². The number of hydrogen-bond acceptors (Lipinski definition) is 6. The van der Waals surface area contributed by atoms with Crippen molar-refractivity contribution in [2.45, 2.75) is 6.54 Å². The molecule has 6 nitrogen and oxygen atoms in total. The number of hydrogen-bond donors (Lipinski definition) is 0. The second-order valence-electron chi connectivity index (χ2n) is 8.24. The van der Waals surface area contributed by atoms with Crippen LogP contribution in [0.1, 0.15) is 21.5 Å². The molecule has 1 heterocycles. The lowest BCUT2D eigenvalue weighted by atomic mass is 10.1. The number of amides is 2. The molecule has 0 bridgehead atoms. The molecule has 0 saturated carbocycles. The lowest BCUT2D eigenvalue weighted by Gasteiger charge is -2.13. The third kappa shape index (κ3) is 5.40. The SMILES string of the molecule is COc1cc(/C=C2\SC(=O)N(Cc3ccc4ccccc4c3)C2=O)cc(I)c1OC(=O)c1ccccc1. The number of fused-ring (bicyclic) bond motifs is 1. The number of methoxy groups -OCH3 is 1. The predicted octanol–water partition coefficient (Wildman–Crippen LogP) is 6.91. The molecule has 37 heavy (non-hydrogen) atoms. The van der Waals surface area contributed by atoms with E-state index in [9.17, 15) is 14.4 Å². The summed E-state index contributed by atoms with van der Waals surface area (Å²) < 4.78 is 11.7. The summed E-state index contributed by atoms with van der Waals surface area (Å²) in [4.78, 5) is 39.9. The molecule has 0 radical (unpaired) electrons. The van der Waals surface area contributed by atoms with Gasteiger partial charge in [-0.2, -0.15) is 0 Å². The van der Waals surface area contributed by atoms with Gasteiger partial charge in [-0.3, -0.25) is 14.5 Å². The van der Waals surface area contributed by atoms with E-state index in [-0.39, 0.29) is 17.7 Å². The van der Waals surface area contributed by atoms with E-state index in [2.05, 4.69) is 22.6 Å². The Balaban J connectivity index is 1.37. The minimum Gasteiger partial charge on any atom is -0.493 e. The normalized spacial score (nSPS) is 14.4. The van der Waals surface area contributed by atoms with Gasteiger partial charge in [-0.05, 0) is 92.7 Å². The summed E-state index contributed by atoms with van der Waals surface area (Å²) in [7, 11) is 1.48. The van der Waals surface area contributed by atoms with Crippen molar-refractivity contribution in [3.63, 3.8) is 0 Å². The standard InChI is InChI=1S/C29H20INO5S/c1-35-24-15-19(14-23(30)26(24)36-28(33)21-8-3-2-4-9-21)16-25-27(32)31(29(34)37-25)17-18-11-12-20-7-5-6-10-22(20)13-18/h2-16H,17H2,1H3/b25-16-. The smallest absolute Gasteiger partial charge is 0.343 e. The van der Waals surface area contributed by atoms with Crippen LogP contribution >= 0.6 is 34.4 Å². The Labute approximate surface area is 231 Å². The van der Waals surface area contributed by atoms with Crippen molar-refractivity contribution in [1.82, 2.24) is 4.90 Å². The first kappa shape index (κ1) is 25.0. The molecule has 184 valence electrons. The van der Waals surface area contributed by atoms with Crippen LogP contribution in [-0.2, 0) is 11.3 Å². The number of ether oxygens (including phenoxy) is 2. The average Bonchev–Trinajstić information content (AvgIpc) is 3.17. The number of carbonyl (C=O) groups excluding carboxylic acids is 3. The quantitative estimate of drug-likeness (QED) is 0.101. The van der Waals surface area contributed by atoms with Crippen molar-refractivity contribution >= 4 is 68.3 Å². The zero-order valence-electron chi connectivity index (χ0n) is 19.6. The van der Waals surface area contributed by atoms with Gasteiger partial charge in [0.05, 0.1) is 27.7 Å². The Morgan fingerprint density at radius 3 is 2.43 bits per heavy atom. The minimum absolute atomic E-state index is 0.196. The van der Waals surface area contributed by atoms with Gasteiger partial charge in [0, 0.05) is 0 Å². The lowest BCUT2D eigenvalue weighted by molar-refractivity contribution is -0.123. The summed E-state index contributed by atoms with van der Waals surface area (Å²) in [6.07, 6.45) is 1.65. The largest absolute Gasteiger partial charge is 0.493 e. The molecule has 1 aliphatic rings. The fourth-order valence-electron chi connectivity index (χ4n) is 3.96. The number of rotatable bonds is 6. The van der Waals surface area contributed by atoms with E-state index in [1.807, 2.05) is 48.5 Å². The van der Waals surface area contributed by atoms with Gasteiger partial charge < -0.3 is 9.47 Å². The molecule has 0 atom stereocenters. The first-order valence-electron chi connectivity index (χ1n) is 11.3. The molecule has 1 fully saturated rings. The van der Waals surface area contributed by atoms with Crippen LogP contribution < -0.4 is 9.47 Å². The van der Waals surface area contributed by atoms with Gasteiger partial charge in [-0.1, -0.05) is 54.6 Å². The maximum Gasteiger partial charge on any atom is 0.343 e. The second kappa shape index (κ2) is 10.8. The number of nitrogens with zero attached hydrogens (tertiary/aromatic N) is 1. The zero-order chi connectivity index (χ0) is 25.9. The van der Waals surface area contributed by atoms with Crippen LogP contribution in [0.25, 0.3) is 16.8 Å². The Kier molecular flexibility index (Phi) is 7.29. The fourth-order valence-corrected chi connectivity index (χ4v) is 5.53. The maximum atomic E-state index is 13.1. The topological polar surface area (TPSA) is 72.9 Å². The van der Waals surface area contributed by atoms with Crippen LogP contribution in [-0.4, -0.2) is 29.1 Å². The van der Waals surface area contributed by atoms with Gasteiger partial charge in [0.15, 0.2) is 11.5 Å². The number of thioether (sulfide) groups is 1. The summed E-state index contributed by atoms with van der Waals surface area (Å²) in [5.41, 5.74) is 1.95. The average molecular weight is 621 g/mol. The van der Waals surface area contributed by atoms with Crippen LogP contribution in [0, 0.1) is 3.57 Å². The van der Waals surface area contributed by atoms with E-state index in [0.717, 1.165) is 28.1 Å². The third-order valence-corrected chi connectivity index (χ3v) is 7.49. The molecule has 1 aliphatic heterocycles. The van der Waals surface area contributed by atoms with Gasteiger partial charge in [-0.15, -0.1) is 0 Å². The highest BCUT2D eigenvalue weighted by Crippen LogP contribution is 2.38. The van der Waals surface area contributed by atoms with Crippen molar-refractivity contribution in [2.24, 2.45) is 0 Å². The van der Waals surface area contributed by atoms with Crippen molar-refractivity contribution in [2.75, 3.05) is 7.11 Å². The van der Waals surface area contributed by atoms with Gasteiger partial charge in [-0.25, -0.2) is 4.79 Å². The van der Waals surface area contributed by atoms with E-state index in [0.29, 0.717) is 31.1 Å². The molecule has 0 unspecified atom stereocenters. The Morgan fingerprint density at radius 2 is 1.68 bits per heavy atom. The Morgan fingerprint density at radius 1 is 0.946 bits per heavy atom. The molecular formula is C29H20INO5S. The minimum atomic E-state index is -0.501.